The molecule has 4 heteroatoms. The molecule has 4 N–H and O–H groups in total. The molecule has 0 aliphatic heterocycles. The maximum atomic E-state index is 8.83. The van der Waals surface area contributed by atoms with Crippen molar-refractivity contribution in [1.82, 2.24) is 0 Å². The molecule has 0 heterocycles. The molecule has 2 rings (SSSR count). The van der Waals surface area contributed by atoms with Crippen molar-refractivity contribution in [2.45, 2.75) is 6.92 Å². The summed E-state index contributed by atoms with van der Waals surface area (Å²) in [4.78, 5) is 0. The number of hydrogen-bond donors (Lipinski definition) is 4. The highest BCUT2D eigenvalue weighted by Crippen LogP contribution is 2.19. The summed E-state index contributed by atoms with van der Waals surface area (Å²) in [7, 11) is 0. The van der Waals surface area contributed by atoms with E-state index < -0.39 is 0 Å². The van der Waals surface area contributed by atoms with Crippen LogP contribution in [0.4, 0.5) is 0 Å². The highest BCUT2D eigenvalue weighted by atomic mass is 16.3. The molecule has 2 aromatic rings. The highest BCUT2D eigenvalue weighted by molar-refractivity contribution is 5.35. The molecule has 0 unspecified atom stereocenters. The summed E-state index contributed by atoms with van der Waals surface area (Å²) in [5.41, 5.74) is 0.854. The largest absolute Gasteiger partial charge is 0.508 e. The normalized spacial score (nSPS) is 9.24. The van der Waals surface area contributed by atoms with Crippen LogP contribution >= 0.6 is 0 Å². The first-order valence-corrected chi connectivity index (χ1v) is 4.95. The summed E-state index contributed by atoms with van der Waals surface area (Å²) < 4.78 is 0. The van der Waals surface area contributed by atoms with Gasteiger partial charge in [-0.15, -0.1) is 0 Å². The molecule has 0 aromatic heterocycles. The minimum absolute atomic E-state index is 0.0880. The molecule has 0 saturated heterocycles. The molecule has 0 saturated carbocycles. The van der Waals surface area contributed by atoms with Gasteiger partial charge < -0.3 is 20.4 Å². The highest BCUT2D eigenvalue weighted by Gasteiger charge is 1.91. The average molecular weight is 234 g/mol. The van der Waals surface area contributed by atoms with E-state index in [1.54, 1.807) is 25.1 Å². The van der Waals surface area contributed by atoms with Crippen molar-refractivity contribution >= 4 is 0 Å². The third-order valence-corrected chi connectivity index (χ3v) is 1.88. The van der Waals surface area contributed by atoms with Gasteiger partial charge in [-0.05, 0) is 36.8 Å². The van der Waals surface area contributed by atoms with E-state index >= 15 is 0 Å². The van der Waals surface area contributed by atoms with E-state index in [-0.39, 0.29) is 23.0 Å². The second-order valence-corrected chi connectivity index (χ2v) is 3.55. The number of aryl methyl sites for hydroxylation is 1. The van der Waals surface area contributed by atoms with Crippen LogP contribution in [0.5, 0.6) is 23.0 Å². The summed E-state index contributed by atoms with van der Waals surface area (Å²) >= 11 is 0. The van der Waals surface area contributed by atoms with Gasteiger partial charge in [0, 0.05) is 12.1 Å². The van der Waals surface area contributed by atoms with Crippen molar-refractivity contribution in [3.8, 4) is 23.0 Å². The van der Waals surface area contributed by atoms with Crippen LogP contribution in [0, 0.1) is 6.92 Å². The topological polar surface area (TPSA) is 80.9 Å². The van der Waals surface area contributed by atoms with Gasteiger partial charge in [0.2, 0.25) is 0 Å². The molecule has 2 aromatic carbocycles. The Kier molecular flexibility index (Phi) is 4.22. The third kappa shape index (κ3) is 4.79. The quantitative estimate of drug-likeness (QED) is 0.564. The Hall–Kier alpha value is -2.36. The van der Waals surface area contributed by atoms with Crippen molar-refractivity contribution in [3.05, 3.63) is 48.0 Å². The van der Waals surface area contributed by atoms with E-state index in [0.29, 0.717) is 0 Å². The maximum absolute atomic E-state index is 8.83. The van der Waals surface area contributed by atoms with Crippen LogP contribution in [0.15, 0.2) is 42.5 Å². The lowest BCUT2D eigenvalue weighted by molar-refractivity contribution is 0.449. The SMILES string of the molecule is Cc1cc(O)cc(O)c1.Oc1cccc(O)c1. The summed E-state index contributed by atoms with van der Waals surface area (Å²) in [6, 6.07) is 10.3. The number of aromatic hydroxyl groups is 4. The van der Waals surface area contributed by atoms with E-state index in [4.69, 9.17) is 20.4 Å². The Morgan fingerprint density at radius 2 is 1.06 bits per heavy atom. The number of phenolic OH excluding ortho intramolecular Hbond substituents is 4. The number of rotatable bonds is 0. The molecule has 0 bridgehead atoms. The summed E-state index contributed by atoms with van der Waals surface area (Å²) in [6.07, 6.45) is 0. The van der Waals surface area contributed by atoms with Gasteiger partial charge in [0.1, 0.15) is 23.0 Å². The zero-order valence-electron chi connectivity index (χ0n) is 9.33. The van der Waals surface area contributed by atoms with Crippen molar-refractivity contribution in [1.29, 1.82) is 0 Å². The van der Waals surface area contributed by atoms with Crippen molar-refractivity contribution < 1.29 is 20.4 Å². The molecule has 4 nitrogen and oxygen atoms in total. The van der Waals surface area contributed by atoms with Crippen LogP contribution in [-0.4, -0.2) is 20.4 Å². The number of benzene rings is 2. The predicted molar refractivity (Wildman–Crippen MR) is 64.3 cm³/mol. The molecule has 90 valence electrons. The Morgan fingerprint density at radius 1 is 0.647 bits per heavy atom. The van der Waals surface area contributed by atoms with E-state index in [2.05, 4.69) is 0 Å². The maximum Gasteiger partial charge on any atom is 0.119 e. The fraction of sp³-hybridized carbons (Fsp3) is 0.0769. The standard InChI is InChI=1S/C7H8O2.C6H6O2/c1-5-2-6(8)4-7(9)3-5;7-5-2-1-3-6(8)4-5/h2-4,8-9H,1H3;1-4,7-8H. The van der Waals surface area contributed by atoms with E-state index in [1.807, 2.05) is 0 Å². The number of hydrogen-bond acceptors (Lipinski definition) is 4. The minimum Gasteiger partial charge on any atom is -0.508 e. The van der Waals surface area contributed by atoms with Crippen LogP contribution in [0.25, 0.3) is 0 Å². The van der Waals surface area contributed by atoms with Gasteiger partial charge in [0.05, 0.1) is 0 Å². The molecule has 0 spiro atoms. The Morgan fingerprint density at radius 3 is 1.35 bits per heavy atom. The lowest BCUT2D eigenvalue weighted by Crippen LogP contribution is -1.70. The second-order valence-electron chi connectivity index (χ2n) is 3.55. The lowest BCUT2D eigenvalue weighted by Gasteiger charge is -1.94. The Bertz CT molecular complexity index is 427. The van der Waals surface area contributed by atoms with Crippen molar-refractivity contribution in [2.24, 2.45) is 0 Å². The van der Waals surface area contributed by atoms with Gasteiger partial charge in [-0.1, -0.05) is 6.07 Å². The van der Waals surface area contributed by atoms with E-state index in [0.717, 1.165) is 5.56 Å². The third-order valence-electron chi connectivity index (χ3n) is 1.88. The van der Waals surface area contributed by atoms with Crippen LogP contribution in [0.3, 0.4) is 0 Å². The molecular formula is C13H14O4. The zero-order chi connectivity index (χ0) is 12.8. The zero-order valence-corrected chi connectivity index (χ0v) is 9.33. The van der Waals surface area contributed by atoms with Crippen LogP contribution in [0.2, 0.25) is 0 Å². The fourth-order valence-electron chi connectivity index (χ4n) is 1.24. The molecule has 0 aliphatic carbocycles. The molecule has 0 aliphatic rings. The molecule has 0 radical (unpaired) electrons. The minimum atomic E-state index is 0.0880. The van der Waals surface area contributed by atoms with E-state index in [9.17, 15) is 0 Å². The first kappa shape index (κ1) is 12.7. The molecular weight excluding hydrogens is 220 g/mol. The molecule has 17 heavy (non-hydrogen) atoms. The molecule has 0 fully saturated rings. The first-order valence-electron chi connectivity index (χ1n) is 4.95. The predicted octanol–water partition coefficient (Wildman–Crippen LogP) is 2.50. The van der Waals surface area contributed by atoms with Gasteiger partial charge in [0.15, 0.2) is 0 Å². The van der Waals surface area contributed by atoms with Crippen LogP contribution < -0.4 is 0 Å². The lowest BCUT2D eigenvalue weighted by atomic mass is 10.2. The number of phenols is 4. The van der Waals surface area contributed by atoms with Gasteiger partial charge in [-0.25, -0.2) is 0 Å². The van der Waals surface area contributed by atoms with Gasteiger partial charge in [-0.2, -0.15) is 0 Å². The van der Waals surface area contributed by atoms with E-state index in [1.165, 1.54) is 24.3 Å². The van der Waals surface area contributed by atoms with Crippen LogP contribution in [-0.2, 0) is 0 Å². The van der Waals surface area contributed by atoms with Crippen LogP contribution in [0.1, 0.15) is 5.56 Å². The smallest absolute Gasteiger partial charge is 0.119 e. The van der Waals surface area contributed by atoms with Gasteiger partial charge in [-0.3, -0.25) is 0 Å². The first-order chi connectivity index (χ1) is 7.97. The fourth-order valence-corrected chi connectivity index (χ4v) is 1.24. The van der Waals surface area contributed by atoms with Gasteiger partial charge in [0.25, 0.3) is 0 Å². The van der Waals surface area contributed by atoms with Crippen molar-refractivity contribution in [3.63, 3.8) is 0 Å². The Balaban J connectivity index is 0.000000171. The Labute approximate surface area is 99.0 Å². The van der Waals surface area contributed by atoms with Crippen molar-refractivity contribution in [2.75, 3.05) is 0 Å². The summed E-state index contributed by atoms with van der Waals surface area (Å²) in [6.45, 7) is 1.80. The van der Waals surface area contributed by atoms with Gasteiger partial charge >= 0.3 is 0 Å². The second kappa shape index (κ2) is 5.65. The molecule has 0 atom stereocenters. The molecule has 0 amide bonds. The summed E-state index contributed by atoms with van der Waals surface area (Å²) in [5, 5.41) is 35.0. The summed E-state index contributed by atoms with van der Waals surface area (Å²) in [5.74, 6) is 0.384. The average Bonchev–Trinajstić information content (AvgIpc) is 2.15. The monoisotopic (exact) mass is 234 g/mol.